The summed E-state index contributed by atoms with van der Waals surface area (Å²) in [6.45, 7) is 41.2. The van der Waals surface area contributed by atoms with Gasteiger partial charge >= 0.3 is 0 Å². The van der Waals surface area contributed by atoms with Gasteiger partial charge in [0.2, 0.25) is 5.78 Å². The number of nitrogens with one attached hydrogen (secondary N) is 3. The molecule has 5 nitrogen and oxygen atoms in total. The minimum Gasteiger partial charge on any atom is -0.354 e. The van der Waals surface area contributed by atoms with Crippen molar-refractivity contribution < 1.29 is 4.79 Å². The van der Waals surface area contributed by atoms with Gasteiger partial charge in [-0.15, -0.1) is 0 Å². The van der Waals surface area contributed by atoms with Gasteiger partial charge in [0.15, 0.2) is 0 Å². The molecule has 0 spiro atoms. The lowest BCUT2D eigenvalue weighted by molar-refractivity contribution is -0.111. The quantitative estimate of drug-likeness (QED) is 0.154. The monoisotopic (exact) mass is 1090 g/mol. The third kappa shape index (κ3) is 10.5. The second-order valence-corrected chi connectivity index (χ2v) is 28.4. The van der Waals surface area contributed by atoms with Crippen molar-refractivity contribution in [2.24, 2.45) is 4.99 Å². The van der Waals surface area contributed by atoms with Crippen molar-refractivity contribution in [2.75, 3.05) is 0 Å². The summed E-state index contributed by atoms with van der Waals surface area (Å²) in [7, 11) is 0. The van der Waals surface area contributed by atoms with Crippen molar-refractivity contribution in [3.63, 3.8) is 0 Å². The maximum Gasteiger partial charge on any atom is 0.204 e. The highest BCUT2D eigenvalue weighted by atomic mass is 127. The summed E-state index contributed by atoms with van der Waals surface area (Å²) in [5.74, 6) is -0.0961. The number of benzene rings is 4. The Balaban J connectivity index is 1.47. The molecule has 74 heavy (non-hydrogen) atoms. The Morgan fingerprint density at radius 2 is 0.797 bits per heavy atom. The van der Waals surface area contributed by atoms with Crippen LogP contribution in [0.1, 0.15) is 192 Å². The molecule has 0 saturated carbocycles. The van der Waals surface area contributed by atoms with Gasteiger partial charge < -0.3 is 15.3 Å². The summed E-state index contributed by atoms with van der Waals surface area (Å²) in [4.78, 5) is 28.8. The normalized spacial score (nSPS) is 15.9. The first-order valence-corrected chi connectivity index (χ1v) is 27.5. The molecule has 3 aliphatic rings. The molecular formula is C68H77IN4O. The second-order valence-electron chi connectivity index (χ2n) is 27.1. The van der Waals surface area contributed by atoms with Gasteiger partial charge in [0.1, 0.15) is 0 Å². The van der Waals surface area contributed by atoms with Crippen LogP contribution in [-0.4, -0.2) is 21.5 Å². The van der Waals surface area contributed by atoms with E-state index in [2.05, 4.69) is 278 Å². The van der Waals surface area contributed by atoms with E-state index in [0.717, 1.165) is 87.3 Å². The average Bonchev–Trinajstić information content (AvgIpc) is 4.13. The Bertz CT molecular complexity index is 3470. The first kappa shape index (κ1) is 52.9. The highest BCUT2D eigenvalue weighted by Gasteiger charge is 2.32. The second kappa shape index (κ2) is 18.4. The molecule has 6 heteroatoms. The number of halogens is 1. The van der Waals surface area contributed by atoms with Crippen molar-refractivity contribution in [2.45, 2.75) is 157 Å². The molecule has 0 saturated heterocycles. The molecule has 8 bridgehead atoms. The number of ketones is 1. The Labute approximate surface area is 455 Å². The predicted octanol–water partition coefficient (Wildman–Crippen LogP) is 15.4. The van der Waals surface area contributed by atoms with Gasteiger partial charge in [0.25, 0.3) is 0 Å². The number of aromatic nitrogens is 2. The van der Waals surface area contributed by atoms with E-state index in [1.165, 1.54) is 33.4 Å². The maximum absolute atomic E-state index is 15.1. The zero-order valence-electron chi connectivity index (χ0n) is 47.3. The smallest absolute Gasteiger partial charge is 0.204 e. The molecule has 6 aromatic rings. The summed E-state index contributed by atoms with van der Waals surface area (Å²) < 4.78 is 1.11. The molecule has 382 valence electrons. The largest absolute Gasteiger partial charge is 0.354 e. The van der Waals surface area contributed by atoms with Crippen LogP contribution in [0.25, 0.3) is 22.3 Å². The topological polar surface area (TPSA) is 73.0 Å². The van der Waals surface area contributed by atoms with E-state index >= 15 is 4.79 Å². The number of carbonyl (C=O) groups excluding carboxylic acids is 1. The van der Waals surface area contributed by atoms with Crippen molar-refractivity contribution in [3.8, 4) is 0 Å². The van der Waals surface area contributed by atoms with Gasteiger partial charge in [0.05, 0.1) is 22.8 Å². The molecular weight excluding hydrogens is 1020 g/mol. The minimum atomic E-state index is -0.138. The average molecular weight is 1090 g/mol. The molecule has 0 unspecified atom stereocenters. The van der Waals surface area contributed by atoms with Crippen LogP contribution >= 0.6 is 22.6 Å². The minimum absolute atomic E-state index is 0.0961. The zero-order valence-corrected chi connectivity index (χ0v) is 49.4. The van der Waals surface area contributed by atoms with Crippen LogP contribution in [0.15, 0.2) is 143 Å². The first-order valence-electron chi connectivity index (χ1n) is 26.4. The fourth-order valence-corrected chi connectivity index (χ4v) is 10.4. The number of hydrogen-bond donors (Lipinski definition) is 3. The molecule has 2 aromatic heterocycles. The first-order chi connectivity index (χ1) is 34.2. The van der Waals surface area contributed by atoms with E-state index < -0.39 is 0 Å². The lowest BCUT2D eigenvalue weighted by atomic mass is 9.78. The summed E-state index contributed by atoms with van der Waals surface area (Å²) in [5.41, 5.74) is 19.4. The summed E-state index contributed by atoms with van der Waals surface area (Å²) >= 11 is 2.35. The molecule has 3 N–H and O–H groups in total. The van der Waals surface area contributed by atoms with Crippen molar-refractivity contribution in [1.29, 1.82) is 0 Å². The van der Waals surface area contributed by atoms with E-state index in [1.807, 2.05) is 0 Å². The fourth-order valence-electron chi connectivity index (χ4n) is 10.1. The molecule has 0 amide bonds. The number of aromatic amines is 2. The van der Waals surface area contributed by atoms with Crippen LogP contribution in [0.3, 0.4) is 0 Å². The van der Waals surface area contributed by atoms with Crippen molar-refractivity contribution in [3.05, 3.63) is 220 Å². The Hall–Kier alpha value is -5.99. The lowest BCUT2D eigenvalue weighted by Gasteiger charge is -2.27. The van der Waals surface area contributed by atoms with Gasteiger partial charge in [-0.05, 0) is 159 Å². The Morgan fingerprint density at radius 1 is 0.405 bits per heavy atom. The van der Waals surface area contributed by atoms with Gasteiger partial charge in [-0.25, -0.2) is 4.99 Å². The van der Waals surface area contributed by atoms with E-state index in [0.29, 0.717) is 5.70 Å². The number of fused-ring (bicyclic) bond motifs is 7. The van der Waals surface area contributed by atoms with E-state index in [9.17, 15) is 0 Å². The van der Waals surface area contributed by atoms with Gasteiger partial charge in [-0.1, -0.05) is 191 Å². The third-order valence-corrected chi connectivity index (χ3v) is 15.6. The molecule has 4 aromatic carbocycles. The summed E-state index contributed by atoms with van der Waals surface area (Å²) in [6, 6.07) is 38.6. The molecule has 0 fully saturated rings. The van der Waals surface area contributed by atoms with E-state index in [4.69, 9.17) is 4.99 Å². The Kier molecular flexibility index (Phi) is 13.1. The van der Waals surface area contributed by atoms with Crippen molar-refractivity contribution in [1.82, 2.24) is 15.3 Å². The molecule has 0 radical (unpaired) electrons. The number of carbonyl (C=O) groups is 1. The van der Waals surface area contributed by atoms with E-state index in [1.54, 1.807) is 6.08 Å². The molecule has 9 rings (SSSR count). The standard InChI is InChI=1S/C68H77IN4O/c1-63(2,3)43-29-40(30-44(35-43)64(4,5)6)58-50-23-24-51(70-50)59(41-31-45(65(7,8)9)36-46(32-41)66(10,11)12)53-27-28-55(72-53)61(39-19-21-49(69)22-20-39)62-57(74)38-56(73-62)60(54-26-25-52(58)71-54)42-33-47(67(13,14)15)37-48(34-42)68(16,17)18/h19-38,70-71,73H,1-18H3. The van der Waals surface area contributed by atoms with Gasteiger partial charge in [0, 0.05) is 54.0 Å². The van der Waals surface area contributed by atoms with Crippen LogP contribution in [0, 0.1) is 3.57 Å². The molecule has 5 heterocycles. The number of rotatable bonds is 4. The van der Waals surface area contributed by atoms with Gasteiger partial charge in [-0.3, -0.25) is 4.79 Å². The molecule has 0 atom stereocenters. The lowest BCUT2D eigenvalue weighted by Crippen LogP contribution is -2.23. The SMILES string of the molecule is CC(C)(C)c1cc(C2=C3C=CC(=N3)C(c3ccc(I)cc3)=C3NC(=CC3=O)C(c3cc(C(C)(C)C)cc(C(C)(C)C)c3)=c3ccc([nH]3)=C(c3cc(C(C)(C)C)cc(C(C)(C)C)c3)c3ccc2[nH]3)cc(C(C)(C)C)c1. The van der Waals surface area contributed by atoms with Crippen LogP contribution < -0.4 is 16.0 Å². The molecule has 3 aliphatic heterocycles. The fraction of sp³-hybridized carbons (Fsp3) is 0.353. The van der Waals surface area contributed by atoms with Crippen LogP contribution in [0.4, 0.5) is 0 Å². The number of aliphatic imine (C=N–C) groups is 1. The molecule has 0 aliphatic carbocycles. The van der Waals surface area contributed by atoms with Crippen LogP contribution in [-0.2, 0) is 37.3 Å². The number of nitrogens with zero attached hydrogens (tertiary/aromatic N) is 1. The zero-order chi connectivity index (χ0) is 53.8. The number of hydrogen-bond acceptors (Lipinski definition) is 3. The summed E-state index contributed by atoms with van der Waals surface area (Å²) in [6.07, 6.45) is 6.03. The van der Waals surface area contributed by atoms with Gasteiger partial charge in [-0.2, -0.15) is 0 Å². The van der Waals surface area contributed by atoms with E-state index in [-0.39, 0.29) is 38.3 Å². The number of allylic oxidation sites excluding steroid dienone is 5. The van der Waals surface area contributed by atoms with Crippen LogP contribution in [0.5, 0.6) is 0 Å². The van der Waals surface area contributed by atoms with Crippen molar-refractivity contribution >= 4 is 56.4 Å². The third-order valence-electron chi connectivity index (χ3n) is 14.9. The maximum atomic E-state index is 15.1. The summed E-state index contributed by atoms with van der Waals surface area (Å²) in [5, 5.41) is 5.68. The predicted molar refractivity (Wildman–Crippen MR) is 321 cm³/mol. The Morgan fingerprint density at radius 3 is 1.23 bits per heavy atom. The van der Waals surface area contributed by atoms with Crippen LogP contribution in [0.2, 0.25) is 0 Å². The highest BCUT2D eigenvalue weighted by molar-refractivity contribution is 14.1. The highest BCUT2D eigenvalue weighted by Crippen LogP contribution is 2.41. The number of H-pyrrole nitrogens is 2.